The van der Waals surface area contributed by atoms with Crippen molar-refractivity contribution in [1.82, 2.24) is 10.6 Å². The lowest BCUT2D eigenvalue weighted by molar-refractivity contribution is 0.0598. The van der Waals surface area contributed by atoms with Crippen molar-refractivity contribution in [1.29, 1.82) is 0 Å². The third kappa shape index (κ3) is 5.02. The molecule has 0 spiro atoms. The number of amides is 2. The predicted molar refractivity (Wildman–Crippen MR) is 90.4 cm³/mol. The van der Waals surface area contributed by atoms with Crippen LogP contribution in [-0.4, -0.2) is 24.2 Å². The summed E-state index contributed by atoms with van der Waals surface area (Å²) in [4.78, 5) is 11.8. The van der Waals surface area contributed by atoms with Crippen molar-refractivity contribution in [3.63, 3.8) is 0 Å². The fourth-order valence-corrected chi connectivity index (χ4v) is 2.87. The maximum atomic E-state index is 11.8. The lowest BCUT2D eigenvalue weighted by atomic mass is 9.99. The summed E-state index contributed by atoms with van der Waals surface area (Å²) in [6, 6.07) is 9.09. The Kier molecular flexibility index (Phi) is 5.83. The molecule has 0 aliphatic carbocycles. The topological polar surface area (TPSA) is 61.4 Å². The Morgan fingerprint density at radius 2 is 2.00 bits per heavy atom. The fourth-order valence-electron chi connectivity index (χ4n) is 1.96. The van der Waals surface area contributed by atoms with Crippen LogP contribution in [0.25, 0.3) is 0 Å². The number of halogens is 1. The molecule has 0 fully saturated rings. The largest absolute Gasteiger partial charge is 0.384 e. The molecule has 22 heavy (non-hydrogen) atoms. The third-order valence-corrected chi connectivity index (χ3v) is 4.28. The van der Waals surface area contributed by atoms with Crippen LogP contribution in [0.4, 0.5) is 4.79 Å². The summed E-state index contributed by atoms with van der Waals surface area (Å²) >= 11 is 7.34. The summed E-state index contributed by atoms with van der Waals surface area (Å²) in [6.07, 6.45) is 0.728. The van der Waals surface area contributed by atoms with Crippen molar-refractivity contribution in [2.75, 3.05) is 13.1 Å². The Morgan fingerprint density at radius 1 is 1.27 bits per heavy atom. The molecule has 2 aromatic rings. The van der Waals surface area contributed by atoms with Gasteiger partial charge in [-0.05, 0) is 53.4 Å². The summed E-state index contributed by atoms with van der Waals surface area (Å²) < 4.78 is 0. The second-order valence-corrected chi connectivity index (χ2v) is 6.49. The minimum absolute atomic E-state index is 0.163. The number of aliphatic hydroxyl groups is 1. The van der Waals surface area contributed by atoms with Gasteiger partial charge in [-0.15, -0.1) is 0 Å². The molecule has 118 valence electrons. The molecule has 4 nitrogen and oxygen atoms in total. The molecule has 0 aliphatic heterocycles. The van der Waals surface area contributed by atoms with Gasteiger partial charge in [0.25, 0.3) is 0 Å². The molecule has 3 N–H and O–H groups in total. The van der Waals surface area contributed by atoms with Crippen LogP contribution < -0.4 is 10.6 Å². The Hall–Kier alpha value is -1.56. The van der Waals surface area contributed by atoms with Gasteiger partial charge < -0.3 is 15.7 Å². The van der Waals surface area contributed by atoms with Gasteiger partial charge in [0.1, 0.15) is 5.60 Å². The van der Waals surface area contributed by atoms with Crippen molar-refractivity contribution < 1.29 is 9.90 Å². The Labute approximate surface area is 139 Å². The highest BCUT2D eigenvalue weighted by Gasteiger charge is 2.23. The van der Waals surface area contributed by atoms with Crippen LogP contribution in [0.2, 0.25) is 5.02 Å². The van der Waals surface area contributed by atoms with Crippen LogP contribution in [0.3, 0.4) is 0 Å². The third-order valence-electron chi connectivity index (χ3n) is 3.35. The smallest absolute Gasteiger partial charge is 0.314 e. The summed E-state index contributed by atoms with van der Waals surface area (Å²) in [5, 5.41) is 20.2. The zero-order chi connectivity index (χ0) is 16.0. The summed E-state index contributed by atoms with van der Waals surface area (Å²) in [7, 11) is 0. The number of hydrogen-bond acceptors (Lipinski definition) is 3. The van der Waals surface area contributed by atoms with Gasteiger partial charge in [0.15, 0.2) is 0 Å². The molecule has 1 aromatic heterocycles. The molecule has 1 aromatic carbocycles. The molecule has 0 radical (unpaired) electrons. The molecule has 0 bridgehead atoms. The normalized spacial score (nSPS) is 13.4. The Morgan fingerprint density at radius 3 is 2.64 bits per heavy atom. The molecular weight excluding hydrogens is 320 g/mol. The monoisotopic (exact) mass is 338 g/mol. The van der Waals surface area contributed by atoms with Crippen LogP contribution >= 0.6 is 22.9 Å². The minimum atomic E-state index is -1.06. The van der Waals surface area contributed by atoms with E-state index in [1.165, 1.54) is 11.3 Å². The molecule has 0 saturated heterocycles. The van der Waals surface area contributed by atoms with E-state index in [9.17, 15) is 9.90 Å². The summed E-state index contributed by atoms with van der Waals surface area (Å²) in [5.74, 6) is 0. The molecule has 6 heteroatoms. The van der Waals surface area contributed by atoms with E-state index in [2.05, 4.69) is 10.6 Å². The number of carbonyl (C=O) groups excluding carboxylic acids is 1. The minimum Gasteiger partial charge on any atom is -0.384 e. The second-order valence-electron chi connectivity index (χ2n) is 5.27. The number of urea groups is 1. The summed E-state index contributed by atoms with van der Waals surface area (Å²) in [6.45, 7) is 2.37. The Bertz CT molecular complexity index is 597. The van der Waals surface area contributed by atoms with Crippen molar-refractivity contribution in [3.05, 3.63) is 57.2 Å². The highest BCUT2D eigenvalue weighted by atomic mass is 35.5. The predicted octanol–water partition coefficient (Wildman–Crippen LogP) is 3.15. The van der Waals surface area contributed by atoms with E-state index >= 15 is 0 Å². The molecule has 1 unspecified atom stereocenters. The van der Waals surface area contributed by atoms with Gasteiger partial charge in [-0.1, -0.05) is 23.7 Å². The van der Waals surface area contributed by atoms with Crippen LogP contribution in [0.5, 0.6) is 0 Å². The zero-order valence-electron chi connectivity index (χ0n) is 12.3. The van der Waals surface area contributed by atoms with E-state index in [1.54, 1.807) is 6.92 Å². The van der Waals surface area contributed by atoms with Crippen molar-refractivity contribution >= 4 is 29.0 Å². The van der Waals surface area contributed by atoms with Gasteiger partial charge in [0, 0.05) is 11.6 Å². The first-order chi connectivity index (χ1) is 10.5. The number of rotatable bonds is 6. The first-order valence-electron chi connectivity index (χ1n) is 6.98. The van der Waals surface area contributed by atoms with Crippen molar-refractivity contribution in [3.8, 4) is 0 Å². The van der Waals surface area contributed by atoms with Gasteiger partial charge in [-0.25, -0.2) is 4.79 Å². The van der Waals surface area contributed by atoms with Crippen LogP contribution in [0.15, 0.2) is 41.1 Å². The van der Waals surface area contributed by atoms with Crippen molar-refractivity contribution in [2.24, 2.45) is 0 Å². The fraction of sp³-hybridized carbons (Fsp3) is 0.312. The maximum Gasteiger partial charge on any atom is 0.314 e. The number of carbonyl (C=O) groups is 1. The Balaban J connectivity index is 1.71. The second kappa shape index (κ2) is 7.63. The molecule has 0 aliphatic rings. The molecule has 1 atom stereocenters. The van der Waals surface area contributed by atoms with Crippen LogP contribution in [0, 0.1) is 0 Å². The van der Waals surface area contributed by atoms with E-state index in [1.807, 2.05) is 41.1 Å². The highest BCUT2D eigenvalue weighted by molar-refractivity contribution is 7.08. The zero-order valence-corrected chi connectivity index (χ0v) is 13.9. The number of hydrogen-bond donors (Lipinski definition) is 3. The molecular formula is C16H19ClN2O2S. The summed E-state index contributed by atoms with van der Waals surface area (Å²) in [5.41, 5.74) is 0.849. The average Bonchev–Trinajstić information content (AvgIpc) is 3.02. The number of nitrogens with one attached hydrogen (secondary N) is 2. The van der Waals surface area contributed by atoms with Gasteiger partial charge >= 0.3 is 6.03 Å². The van der Waals surface area contributed by atoms with E-state index in [4.69, 9.17) is 11.6 Å². The molecule has 1 heterocycles. The van der Waals surface area contributed by atoms with Gasteiger partial charge in [-0.2, -0.15) is 11.3 Å². The lowest BCUT2D eigenvalue weighted by Gasteiger charge is -2.22. The van der Waals surface area contributed by atoms with Crippen LogP contribution in [-0.2, 0) is 12.0 Å². The van der Waals surface area contributed by atoms with E-state index in [0.29, 0.717) is 11.6 Å². The van der Waals surface area contributed by atoms with E-state index in [-0.39, 0.29) is 12.6 Å². The molecule has 2 rings (SSSR count). The average molecular weight is 339 g/mol. The van der Waals surface area contributed by atoms with Crippen LogP contribution in [0.1, 0.15) is 18.1 Å². The lowest BCUT2D eigenvalue weighted by Crippen LogP contribution is -2.43. The van der Waals surface area contributed by atoms with E-state index in [0.717, 1.165) is 17.5 Å². The van der Waals surface area contributed by atoms with E-state index < -0.39 is 5.60 Å². The molecule has 2 amide bonds. The maximum absolute atomic E-state index is 11.8. The first-order valence-corrected chi connectivity index (χ1v) is 8.31. The van der Waals surface area contributed by atoms with Gasteiger partial charge in [0.2, 0.25) is 0 Å². The van der Waals surface area contributed by atoms with Gasteiger partial charge in [0.05, 0.1) is 6.54 Å². The molecule has 0 saturated carbocycles. The number of benzene rings is 1. The standard InChI is InChI=1S/C16H19ClN2O2S/c1-16(21,13-7-9-22-10-13)11-19-15(20)18-8-6-12-2-4-14(17)5-3-12/h2-5,7,9-10,21H,6,8,11H2,1H3,(H2,18,19,20). The van der Waals surface area contributed by atoms with Gasteiger partial charge in [-0.3, -0.25) is 0 Å². The first kappa shape index (κ1) is 16.8. The quantitative estimate of drug-likeness (QED) is 0.757. The SMILES string of the molecule is CC(O)(CNC(=O)NCCc1ccc(Cl)cc1)c1ccsc1. The number of thiophene rings is 1. The highest BCUT2D eigenvalue weighted by Crippen LogP contribution is 2.21. The van der Waals surface area contributed by atoms with Crippen molar-refractivity contribution in [2.45, 2.75) is 18.9 Å².